The van der Waals surface area contributed by atoms with Crippen LogP contribution >= 0.6 is 0 Å². The predicted octanol–water partition coefficient (Wildman–Crippen LogP) is 4.62. The Morgan fingerprint density at radius 2 is 1.11 bits per heavy atom. The molecule has 0 unspecified atom stereocenters. The van der Waals surface area contributed by atoms with Crippen molar-refractivity contribution in [1.29, 1.82) is 0 Å². The van der Waals surface area contributed by atoms with Gasteiger partial charge in [-0.15, -0.1) is 9.97 Å². The van der Waals surface area contributed by atoms with Gasteiger partial charge in [-0.2, -0.15) is 19.9 Å². The smallest absolute Gasteiger partial charge is 0.324 e. The van der Waals surface area contributed by atoms with Crippen LogP contribution in [0, 0.1) is 5.82 Å². The maximum atomic E-state index is 13.5. The van der Waals surface area contributed by atoms with E-state index in [0.717, 1.165) is 86.6 Å². The summed E-state index contributed by atoms with van der Waals surface area (Å²) in [5, 5.41) is 9.95. The molecule has 0 radical (unpaired) electrons. The number of nitrogens with zero attached hydrogens (tertiary/aromatic N) is 7. The molecule has 0 saturated carbocycles. The largest absolute Gasteiger partial charge is 0.493 e. The van der Waals surface area contributed by atoms with E-state index in [-0.39, 0.29) is 35.9 Å². The topological polar surface area (TPSA) is 172 Å². The Balaban J connectivity index is 0.000000274. The van der Waals surface area contributed by atoms with Crippen LogP contribution < -0.4 is 44.4 Å². The molecule has 6 rings (SSSR count). The highest BCUT2D eigenvalue weighted by Crippen LogP contribution is 2.40. The van der Waals surface area contributed by atoms with Crippen molar-refractivity contribution in [2.75, 3.05) is 78.5 Å². The Labute approximate surface area is 315 Å². The summed E-state index contributed by atoms with van der Waals surface area (Å²) in [6.07, 6.45) is 3.97. The van der Waals surface area contributed by atoms with Crippen molar-refractivity contribution in [1.82, 2.24) is 40.1 Å². The van der Waals surface area contributed by atoms with E-state index in [1.165, 1.54) is 40.6 Å². The van der Waals surface area contributed by atoms with Gasteiger partial charge in [-0.1, -0.05) is 12.1 Å². The Kier molecular flexibility index (Phi) is 15.0. The number of methoxy groups -OCH3 is 4. The van der Waals surface area contributed by atoms with Gasteiger partial charge in [-0.05, 0) is 88.0 Å². The Bertz CT molecular complexity index is 1690. The second-order valence-corrected chi connectivity index (χ2v) is 12.5. The van der Waals surface area contributed by atoms with E-state index in [2.05, 4.69) is 62.9 Å². The van der Waals surface area contributed by atoms with Crippen molar-refractivity contribution in [3.05, 3.63) is 47.8 Å². The maximum Gasteiger partial charge on any atom is 0.324 e. The third kappa shape index (κ3) is 11.4. The zero-order valence-corrected chi connectivity index (χ0v) is 31.9. The summed E-state index contributed by atoms with van der Waals surface area (Å²) in [5.74, 6) is 2.15. The standard InChI is InChI=1S/C27H34FN5O4.C10H17N5O2/c1-5-36-22-15-18(16-23(37-6-2)24(22)19-7-9-20(28)10-8-19)17-33-13-11-21(12-14-33)29-25-30-26(34-3)32-27(31-25)35-4;1-16-9-13-8(14-10(15-9)17-2)12-7-3-5-11-6-4-7/h7-10,15-16,21H,5-6,11-14,17H2,1-4H3,(H,29,30,31,32);7,11H,3-6H2,1-2H3,(H,12,13,14,15). The molecule has 0 spiro atoms. The minimum atomic E-state index is -0.275. The molecule has 17 heteroatoms. The third-order valence-corrected chi connectivity index (χ3v) is 8.78. The fourth-order valence-corrected chi connectivity index (χ4v) is 6.17. The fraction of sp³-hybridized carbons (Fsp3) is 0.514. The zero-order valence-electron chi connectivity index (χ0n) is 31.9. The van der Waals surface area contributed by atoms with Crippen LogP contribution in [0.4, 0.5) is 16.3 Å². The normalized spacial score (nSPS) is 15.0. The van der Waals surface area contributed by atoms with E-state index in [1.54, 1.807) is 12.1 Å². The number of benzene rings is 2. The molecule has 2 fully saturated rings. The first-order chi connectivity index (χ1) is 26.3. The van der Waals surface area contributed by atoms with E-state index in [9.17, 15) is 4.39 Å². The minimum Gasteiger partial charge on any atom is -0.493 e. The SMILES string of the molecule is CCOc1cc(CN2CCC(Nc3nc(OC)nc(OC)n3)CC2)cc(OCC)c1-c1ccc(F)cc1.COc1nc(NC2CCNCC2)nc(OC)n1. The Hall–Kier alpha value is -5.29. The Morgan fingerprint density at radius 3 is 1.54 bits per heavy atom. The Morgan fingerprint density at radius 1 is 0.667 bits per heavy atom. The highest BCUT2D eigenvalue weighted by atomic mass is 19.1. The van der Waals surface area contributed by atoms with E-state index in [0.29, 0.717) is 31.2 Å². The zero-order chi connectivity index (χ0) is 38.3. The molecule has 2 aromatic heterocycles. The summed E-state index contributed by atoms with van der Waals surface area (Å²) in [6.45, 7) is 9.56. The number of nitrogens with one attached hydrogen (secondary N) is 3. The van der Waals surface area contributed by atoms with Crippen molar-refractivity contribution < 1.29 is 32.8 Å². The molecule has 4 heterocycles. The van der Waals surface area contributed by atoms with Gasteiger partial charge < -0.3 is 44.4 Å². The van der Waals surface area contributed by atoms with Crippen molar-refractivity contribution in [2.24, 2.45) is 0 Å². The first-order valence-electron chi connectivity index (χ1n) is 18.2. The number of piperidine rings is 2. The highest BCUT2D eigenvalue weighted by Gasteiger charge is 2.23. The molecule has 2 saturated heterocycles. The number of hydrogen-bond acceptors (Lipinski definition) is 16. The summed E-state index contributed by atoms with van der Waals surface area (Å²) in [4.78, 5) is 27.2. The number of rotatable bonds is 15. The molecule has 0 aliphatic carbocycles. The van der Waals surface area contributed by atoms with E-state index >= 15 is 0 Å². The van der Waals surface area contributed by atoms with Crippen molar-refractivity contribution in [3.63, 3.8) is 0 Å². The second-order valence-electron chi connectivity index (χ2n) is 12.5. The number of halogens is 1. The van der Waals surface area contributed by atoms with Crippen molar-refractivity contribution >= 4 is 11.9 Å². The quantitative estimate of drug-likeness (QED) is 0.154. The first-order valence-corrected chi connectivity index (χ1v) is 18.2. The van der Waals surface area contributed by atoms with Crippen LogP contribution in [-0.2, 0) is 6.54 Å². The summed E-state index contributed by atoms with van der Waals surface area (Å²) in [7, 11) is 6.06. The number of hydrogen-bond donors (Lipinski definition) is 3. The van der Waals surface area contributed by atoms with Crippen LogP contribution in [-0.4, -0.2) is 115 Å². The van der Waals surface area contributed by atoms with Gasteiger partial charge in [0.2, 0.25) is 11.9 Å². The molecule has 2 aliphatic rings. The van der Waals surface area contributed by atoms with E-state index < -0.39 is 0 Å². The average Bonchev–Trinajstić information content (AvgIpc) is 3.19. The molecule has 54 heavy (non-hydrogen) atoms. The lowest BCUT2D eigenvalue weighted by atomic mass is 9.99. The van der Waals surface area contributed by atoms with Crippen LogP contribution in [0.25, 0.3) is 11.1 Å². The van der Waals surface area contributed by atoms with Crippen molar-refractivity contribution in [2.45, 2.75) is 58.2 Å². The molecule has 0 amide bonds. The second kappa shape index (κ2) is 20.2. The maximum absolute atomic E-state index is 13.5. The number of anilines is 2. The predicted molar refractivity (Wildman–Crippen MR) is 201 cm³/mol. The lowest BCUT2D eigenvalue weighted by Gasteiger charge is -2.32. The summed E-state index contributed by atoms with van der Waals surface area (Å²) in [6, 6.07) is 12.1. The van der Waals surface area contributed by atoms with Crippen LogP contribution in [0.3, 0.4) is 0 Å². The van der Waals surface area contributed by atoms with Gasteiger partial charge in [0.25, 0.3) is 0 Å². The van der Waals surface area contributed by atoms with Crippen LogP contribution in [0.5, 0.6) is 35.5 Å². The van der Waals surface area contributed by atoms with Crippen LogP contribution in [0.2, 0.25) is 0 Å². The molecule has 3 N–H and O–H groups in total. The molecule has 2 aliphatic heterocycles. The fourth-order valence-electron chi connectivity index (χ4n) is 6.17. The number of aromatic nitrogens is 6. The molecule has 4 aromatic rings. The molecule has 0 atom stereocenters. The number of likely N-dealkylation sites (tertiary alicyclic amines) is 1. The van der Waals surface area contributed by atoms with E-state index in [1.807, 2.05) is 13.8 Å². The van der Waals surface area contributed by atoms with Gasteiger partial charge >= 0.3 is 24.0 Å². The van der Waals surface area contributed by atoms with Gasteiger partial charge in [0.1, 0.15) is 17.3 Å². The van der Waals surface area contributed by atoms with Crippen molar-refractivity contribution in [3.8, 4) is 46.7 Å². The van der Waals surface area contributed by atoms with Crippen LogP contribution in [0.15, 0.2) is 36.4 Å². The van der Waals surface area contributed by atoms with E-state index in [4.69, 9.17) is 28.4 Å². The molecular weight excluding hydrogens is 699 g/mol. The average molecular weight is 751 g/mol. The summed E-state index contributed by atoms with van der Waals surface area (Å²) < 4.78 is 45.8. The lowest BCUT2D eigenvalue weighted by Crippen LogP contribution is -2.39. The number of ether oxygens (including phenoxy) is 6. The molecule has 16 nitrogen and oxygen atoms in total. The van der Waals surface area contributed by atoms with Gasteiger partial charge in [0.05, 0.1) is 47.2 Å². The molecular formula is C37H51FN10O6. The van der Waals surface area contributed by atoms with Crippen LogP contribution in [0.1, 0.15) is 45.1 Å². The summed E-state index contributed by atoms with van der Waals surface area (Å²) >= 11 is 0. The molecule has 0 bridgehead atoms. The summed E-state index contributed by atoms with van der Waals surface area (Å²) in [5.41, 5.74) is 2.81. The highest BCUT2D eigenvalue weighted by molar-refractivity contribution is 5.77. The minimum absolute atomic E-state index is 0.214. The van der Waals surface area contributed by atoms with Gasteiger partial charge in [0, 0.05) is 31.7 Å². The molecule has 2 aromatic carbocycles. The van der Waals surface area contributed by atoms with Gasteiger partial charge in [0.15, 0.2) is 0 Å². The molecule has 292 valence electrons. The lowest BCUT2D eigenvalue weighted by molar-refractivity contribution is 0.210. The van der Waals surface area contributed by atoms with Gasteiger partial charge in [-0.25, -0.2) is 4.39 Å². The third-order valence-electron chi connectivity index (χ3n) is 8.78. The monoisotopic (exact) mass is 750 g/mol. The first kappa shape index (κ1) is 39.9. The van der Waals surface area contributed by atoms with Gasteiger partial charge in [-0.3, -0.25) is 4.90 Å².